The van der Waals surface area contributed by atoms with Crippen molar-refractivity contribution in [2.75, 3.05) is 0 Å². The molecule has 0 amide bonds. The molecule has 0 aliphatic rings. The van der Waals surface area contributed by atoms with Gasteiger partial charge in [-0.15, -0.1) is 0 Å². The number of imidazole rings is 2. The van der Waals surface area contributed by atoms with Gasteiger partial charge in [-0.3, -0.25) is 0 Å². The lowest BCUT2D eigenvalue weighted by atomic mass is 10.1. The van der Waals surface area contributed by atoms with Crippen LogP contribution in [0.2, 0.25) is 0 Å². The summed E-state index contributed by atoms with van der Waals surface area (Å²) in [6, 6.07) is 16.4. The zero-order valence-corrected chi connectivity index (χ0v) is 14.6. The van der Waals surface area contributed by atoms with Crippen molar-refractivity contribution in [1.29, 1.82) is 0 Å². The van der Waals surface area contributed by atoms with Crippen molar-refractivity contribution in [2.45, 2.75) is 13.8 Å². The van der Waals surface area contributed by atoms with Crippen molar-refractivity contribution < 1.29 is 0 Å². The standard InChI is InChI=1S/C19H15N5S/c1-11-8-9-14-15(10-11)21-18(20-14)17-16(13-6-4-3-5-7-13)22-19-24(17)23-12(2)25-19/h3-10H,1-2H3,(H,20,21). The molecule has 5 aromatic rings. The smallest absolute Gasteiger partial charge is 0.213 e. The predicted octanol–water partition coefficient (Wildman–Crippen LogP) is 4.62. The van der Waals surface area contributed by atoms with Gasteiger partial charge in [0.05, 0.1) is 11.0 Å². The minimum absolute atomic E-state index is 0.789. The van der Waals surface area contributed by atoms with Crippen molar-refractivity contribution in [3.8, 4) is 22.8 Å². The molecular formula is C19H15N5S. The molecule has 5 rings (SSSR count). The zero-order valence-electron chi connectivity index (χ0n) is 13.8. The van der Waals surface area contributed by atoms with Crippen LogP contribution in [0.4, 0.5) is 0 Å². The first-order chi connectivity index (χ1) is 12.2. The summed E-state index contributed by atoms with van der Waals surface area (Å²) in [5.74, 6) is 0.789. The van der Waals surface area contributed by atoms with Gasteiger partial charge in [0, 0.05) is 5.56 Å². The summed E-state index contributed by atoms with van der Waals surface area (Å²) in [4.78, 5) is 13.9. The molecule has 0 saturated carbocycles. The van der Waals surface area contributed by atoms with E-state index in [4.69, 9.17) is 9.97 Å². The number of benzene rings is 2. The lowest BCUT2D eigenvalue weighted by Crippen LogP contribution is -1.93. The highest BCUT2D eigenvalue weighted by Gasteiger charge is 2.21. The fourth-order valence-electron chi connectivity index (χ4n) is 3.09. The molecule has 0 fully saturated rings. The van der Waals surface area contributed by atoms with Crippen molar-refractivity contribution in [1.82, 2.24) is 24.6 Å². The molecule has 0 unspecified atom stereocenters. The van der Waals surface area contributed by atoms with E-state index in [1.165, 1.54) is 5.56 Å². The largest absolute Gasteiger partial charge is 0.337 e. The molecule has 6 heteroatoms. The van der Waals surface area contributed by atoms with Crippen LogP contribution in [0.25, 0.3) is 38.8 Å². The first-order valence-corrected chi connectivity index (χ1v) is 8.89. The van der Waals surface area contributed by atoms with Crippen LogP contribution < -0.4 is 0 Å². The summed E-state index contributed by atoms with van der Waals surface area (Å²) >= 11 is 1.58. The average molecular weight is 345 g/mol. The molecule has 0 bridgehead atoms. The summed E-state index contributed by atoms with van der Waals surface area (Å²) in [6.07, 6.45) is 0. The zero-order chi connectivity index (χ0) is 17.0. The number of hydrogen-bond acceptors (Lipinski definition) is 4. The number of fused-ring (bicyclic) bond motifs is 2. The number of hydrogen-bond donors (Lipinski definition) is 1. The molecule has 0 spiro atoms. The summed E-state index contributed by atoms with van der Waals surface area (Å²) in [5, 5.41) is 5.62. The van der Waals surface area contributed by atoms with Crippen LogP contribution in [-0.4, -0.2) is 24.6 Å². The van der Waals surface area contributed by atoms with Crippen LogP contribution in [-0.2, 0) is 0 Å². The summed E-state index contributed by atoms with van der Waals surface area (Å²) in [5.41, 5.74) is 6.03. The summed E-state index contributed by atoms with van der Waals surface area (Å²) < 4.78 is 1.90. The van der Waals surface area contributed by atoms with E-state index in [9.17, 15) is 0 Å². The Bertz CT molecular complexity index is 1210. The molecule has 122 valence electrons. The van der Waals surface area contributed by atoms with E-state index in [0.717, 1.165) is 43.8 Å². The van der Waals surface area contributed by atoms with E-state index in [1.54, 1.807) is 11.3 Å². The predicted molar refractivity (Wildman–Crippen MR) is 101 cm³/mol. The van der Waals surface area contributed by atoms with Gasteiger partial charge in [0.15, 0.2) is 5.82 Å². The van der Waals surface area contributed by atoms with Crippen molar-refractivity contribution in [3.63, 3.8) is 0 Å². The Hall–Kier alpha value is -2.99. The molecule has 3 heterocycles. The number of nitrogens with zero attached hydrogens (tertiary/aromatic N) is 4. The second-order valence-electron chi connectivity index (χ2n) is 6.10. The highest BCUT2D eigenvalue weighted by atomic mass is 32.1. The highest BCUT2D eigenvalue weighted by molar-refractivity contribution is 7.16. The molecule has 2 aromatic carbocycles. The number of H-pyrrole nitrogens is 1. The third kappa shape index (κ3) is 2.26. The van der Waals surface area contributed by atoms with E-state index < -0.39 is 0 Å². The first-order valence-electron chi connectivity index (χ1n) is 8.07. The molecule has 0 saturated heterocycles. The van der Waals surface area contributed by atoms with E-state index in [-0.39, 0.29) is 0 Å². The third-order valence-corrected chi connectivity index (χ3v) is 5.04. The maximum absolute atomic E-state index is 4.83. The van der Waals surface area contributed by atoms with Crippen molar-refractivity contribution in [3.05, 3.63) is 59.1 Å². The average Bonchev–Trinajstić information content (AvgIpc) is 3.26. The first kappa shape index (κ1) is 14.4. The molecular weight excluding hydrogens is 330 g/mol. The maximum Gasteiger partial charge on any atom is 0.213 e. The molecule has 0 aliphatic carbocycles. The minimum Gasteiger partial charge on any atom is -0.337 e. The van der Waals surface area contributed by atoms with Crippen LogP contribution in [0.5, 0.6) is 0 Å². The Morgan fingerprint density at radius 3 is 2.68 bits per heavy atom. The van der Waals surface area contributed by atoms with Crippen molar-refractivity contribution in [2.24, 2.45) is 0 Å². The van der Waals surface area contributed by atoms with Gasteiger partial charge in [0.2, 0.25) is 4.96 Å². The monoisotopic (exact) mass is 345 g/mol. The van der Waals surface area contributed by atoms with Crippen LogP contribution in [0.15, 0.2) is 48.5 Å². The topological polar surface area (TPSA) is 58.9 Å². The lowest BCUT2D eigenvalue weighted by molar-refractivity contribution is 0.945. The quantitative estimate of drug-likeness (QED) is 0.508. The third-order valence-electron chi connectivity index (χ3n) is 4.21. The van der Waals surface area contributed by atoms with Crippen LogP contribution in [0.1, 0.15) is 10.6 Å². The highest BCUT2D eigenvalue weighted by Crippen LogP contribution is 2.33. The molecule has 1 N–H and O–H groups in total. The summed E-state index contributed by atoms with van der Waals surface area (Å²) in [6.45, 7) is 4.07. The van der Waals surface area contributed by atoms with Crippen LogP contribution in [0, 0.1) is 13.8 Å². The SMILES string of the molecule is Cc1ccc2nc(-c3c(-c4ccccc4)nc4sc(C)nn34)[nH]c2c1. The second-order valence-corrected chi connectivity index (χ2v) is 7.26. The lowest BCUT2D eigenvalue weighted by Gasteiger charge is -2.01. The number of rotatable bonds is 2. The Morgan fingerprint density at radius 1 is 1.00 bits per heavy atom. The fourth-order valence-corrected chi connectivity index (χ4v) is 3.83. The van der Waals surface area contributed by atoms with E-state index in [2.05, 4.69) is 41.3 Å². The number of aryl methyl sites for hydroxylation is 2. The molecule has 25 heavy (non-hydrogen) atoms. The fraction of sp³-hybridized carbons (Fsp3) is 0.105. The van der Waals surface area contributed by atoms with Crippen molar-refractivity contribution >= 4 is 27.3 Å². The van der Waals surface area contributed by atoms with Gasteiger partial charge in [-0.2, -0.15) is 9.61 Å². The molecule has 0 radical (unpaired) electrons. The van der Waals surface area contributed by atoms with Gasteiger partial charge >= 0.3 is 0 Å². The molecule has 5 nitrogen and oxygen atoms in total. The van der Waals surface area contributed by atoms with Gasteiger partial charge in [0.25, 0.3) is 0 Å². The van der Waals surface area contributed by atoms with Gasteiger partial charge in [-0.05, 0) is 31.5 Å². The van der Waals surface area contributed by atoms with Gasteiger partial charge in [-0.1, -0.05) is 47.7 Å². The Morgan fingerprint density at radius 2 is 1.84 bits per heavy atom. The Balaban J connectivity index is 1.83. The number of aromatic nitrogens is 5. The second kappa shape index (κ2) is 5.26. The van der Waals surface area contributed by atoms with Crippen LogP contribution in [0.3, 0.4) is 0 Å². The van der Waals surface area contributed by atoms with Gasteiger partial charge in [-0.25, -0.2) is 9.97 Å². The van der Waals surface area contributed by atoms with E-state index in [1.807, 2.05) is 35.7 Å². The van der Waals surface area contributed by atoms with E-state index >= 15 is 0 Å². The normalized spacial score (nSPS) is 11.6. The Labute approximate surface area is 148 Å². The maximum atomic E-state index is 4.83. The molecule has 0 aliphatic heterocycles. The van der Waals surface area contributed by atoms with E-state index in [0.29, 0.717) is 0 Å². The molecule has 3 aromatic heterocycles. The Kier molecular flexibility index (Phi) is 3.02. The number of aromatic amines is 1. The van der Waals surface area contributed by atoms with Gasteiger partial charge in [0.1, 0.15) is 16.4 Å². The molecule has 0 atom stereocenters. The van der Waals surface area contributed by atoms with Gasteiger partial charge < -0.3 is 4.98 Å². The number of nitrogens with one attached hydrogen (secondary N) is 1. The summed E-state index contributed by atoms with van der Waals surface area (Å²) in [7, 11) is 0. The minimum atomic E-state index is 0.789. The van der Waals surface area contributed by atoms with Crippen LogP contribution >= 0.6 is 11.3 Å².